The van der Waals surface area contributed by atoms with Crippen LogP contribution >= 0.6 is 0 Å². The molecule has 0 aliphatic heterocycles. The number of phenols is 1. The molecule has 8 heteroatoms. The van der Waals surface area contributed by atoms with Crippen LogP contribution in [0.3, 0.4) is 0 Å². The maximum absolute atomic E-state index is 11.9. The molecule has 0 saturated heterocycles. The molecule has 4 rings (SSSR count). The smallest absolute Gasteiger partial charge is 0.328 e. The van der Waals surface area contributed by atoms with E-state index in [9.17, 15) is 15.0 Å². The van der Waals surface area contributed by atoms with E-state index in [-0.39, 0.29) is 12.2 Å². The van der Waals surface area contributed by atoms with E-state index < -0.39 is 12.0 Å². The van der Waals surface area contributed by atoms with Crippen LogP contribution in [0.15, 0.2) is 64.4 Å². The Labute approximate surface area is 177 Å². The van der Waals surface area contributed by atoms with Crippen molar-refractivity contribution in [3.8, 4) is 22.8 Å². The Morgan fingerprint density at radius 2 is 2.10 bits per heavy atom. The molecule has 0 aliphatic carbocycles. The van der Waals surface area contributed by atoms with Gasteiger partial charge in [-0.1, -0.05) is 11.6 Å². The summed E-state index contributed by atoms with van der Waals surface area (Å²) in [6.07, 6.45) is 3.27. The molecule has 0 fully saturated rings. The lowest BCUT2D eigenvalue weighted by Crippen LogP contribution is -2.24. The number of aromatic nitrogens is 2. The number of aliphatic carboxylic acids is 1. The number of carboxylic acids is 1. The maximum Gasteiger partial charge on any atom is 0.328 e. The number of benzene rings is 2. The monoisotopic (exact) mass is 419 g/mol. The van der Waals surface area contributed by atoms with Gasteiger partial charge in [0.2, 0.25) is 0 Å². The van der Waals surface area contributed by atoms with E-state index in [1.165, 1.54) is 19.5 Å². The molecule has 2 aromatic carbocycles. The number of carboxylic acid groups (broad SMARTS) is 1. The zero-order valence-corrected chi connectivity index (χ0v) is 17.0. The Morgan fingerprint density at radius 3 is 2.81 bits per heavy atom. The van der Waals surface area contributed by atoms with Crippen molar-refractivity contribution < 1.29 is 24.2 Å². The van der Waals surface area contributed by atoms with E-state index in [0.29, 0.717) is 39.1 Å². The third kappa shape index (κ3) is 4.28. The Kier molecular flexibility index (Phi) is 5.44. The van der Waals surface area contributed by atoms with Crippen molar-refractivity contribution in [2.75, 3.05) is 7.11 Å². The van der Waals surface area contributed by atoms with E-state index in [1.54, 1.807) is 24.4 Å². The lowest BCUT2D eigenvalue weighted by molar-refractivity contribution is -0.138. The van der Waals surface area contributed by atoms with E-state index >= 15 is 0 Å². The third-order valence-electron chi connectivity index (χ3n) is 4.91. The van der Waals surface area contributed by atoms with Crippen LogP contribution in [-0.2, 0) is 11.2 Å². The number of hydrogen-bond acceptors (Lipinski definition) is 6. The number of carbonyl (C=O) groups is 1. The second-order valence-electron chi connectivity index (χ2n) is 7.15. The van der Waals surface area contributed by atoms with Crippen LogP contribution in [0.4, 0.5) is 0 Å². The van der Waals surface area contributed by atoms with Crippen LogP contribution in [0.25, 0.3) is 22.3 Å². The third-order valence-corrected chi connectivity index (χ3v) is 4.91. The van der Waals surface area contributed by atoms with E-state index in [0.717, 1.165) is 5.56 Å². The molecule has 2 aromatic heterocycles. The highest BCUT2D eigenvalue weighted by Crippen LogP contribution is 2.32. The minimum absolute atomic E-state index is 0.0121. The molecule has 0 saturated carbocycles. The summed E-state index contributed by atoms with van der Waals surface area (Å²) in [6, 6.07) is 11.2. The first-order valence-corrected chi connectivity index (χ1v) is 9.60. The second kappa shape index (κ2) is 8.35. The Morgan fingerprint density at radius 1 is 1.26 bits per heavy atom. The fourth-order valence-corrected chi connectivity index (χ4v) is 3.32. The lowest BCUT2D eigenvalue weighted by atomic mass is 10.1. The van der Waals surface area contributed by atoms with Gasteiger partial charge in [-0.05, 0) is 37.3 Å². The number of imidazole rings is 1. The quantitative estimate of drug-likeness (QED) is 0.440. The van der Waals surface area contributed by atoms with Gasteiger partial charge >= 0.3 is 5.97 Å². The molecular formula is C23H21N3O5. The predicted octanol–water partition coefficient (Wildman–Crippen LogP) is 3.44. The molecular weight excluding hydrogens is 398 g/mol. The van der Waals surface area contributed by atoms with Crippen molar-refractivity contribution in [3.63, 3.8) is 0 Å². The molecule has 4 aromatic rings. The molecule has 0 unspecified atom stereocenters. The molecule has 158 valence electrons. The number of hydrogen-bond donors (Lipinski definition) is 3. The van der Waals surface area contributed by atoms with Crippen LogP contribution in [0, 0.1) is 6.92 Å². The zero-order chi connectivity index (χ0) is 22.0. The van der Waals surface area contributed by atoms with Gasteiger partial charge in [0.1, 0.15) is 11.3 Å². The maximum atomic E-state index is 11.9. The summed E-state index contributed by atoms with van der Waals surface area (Å²) in [5.41, 5.74) is 2.91. The van der Waals surface area contributed by atoms with E-state index in [1.807, 2.05) is 25.1 Å². The summed E-state index contributed by atoms with van der Waals surface area (Å²) < 4.78 is 11.3. The van der Waals surface area contributed by atoms with Crippen molar-refractivity contribution in [1.29, 1.82) is 0 Å². The van der Waals surface area contributed by atoms with Crippen LogP contribution in [-0.4, -0.2) is 39.3 Å². The fraction of sp³-hybridized carbons (Fsp3) is 0.174. The van der Waals surface area contributed by atoms with Gasteiger partial charge in [0.25, 0.3) is 0 Å². The molecule has 8 nitrogen and oxygen atoms in total. The van der Waals surface area contributed by atoms with Crippen molar-refractivity contribution in [2.45, 2.75) is 19.4 Å². The van der Waals surface area contributed by atoms with E-state index in [4.69, 9.17) is 9.15 Å². The number of ether oxygens (including phenoxy) is 1. The summed E-state index contributed by atoms with van der Waals surface area (Å²) in [5.74, 6) is -0.251. The largest absolute Gasteiger partial charge is 0.504 e. The number of aryl methyl sites for hydroxylation is 1. The summed E-state index contributed by atoms with van der Waals surface area (Å²) in [4.78, 5) is 23.3. The molecule has 0 bridgehead atoms. The highest BCUT2D eigenvalue weighted by Gasteiger charge is 2.18. The summed E-state index contributed by atoms with van der Waals surface area (Å²) in [6.45, 7) is 1.95. The standard InChI is InChI=1S/C23H21N3O5/c1-13-3-6-20-16(7-13)17(26-18(23(28)29)9-15-11-24-12-25-15)10-21(31-20)14-4-5-19(27)22(8-14)30-2/h3-8,10-12,18,27H,9H2,1-2H3,(H,24,25)(H,28,29)/t18-/m0/s1. The van der Waals surface area contributed by atoms with Crippen molar-refractivity contribution in [3.05, 3.63) is 71.6 Å². The van der Waals surface area contributed by atoms with Gasteiger partial charge in [0.15, 0.2) is 17.5 Å². The second-order valence-corrected chi connectivity index (χ2v) is 7.15. The summed E-state index contributed by atoms with van der Waals surface area (Å²) in [7, 11) is 1.47. The molecule has 1 atom stereocenters. The number of nitrogens with one attached hydrogen (secondary N) is 1. The van der Waals surface area contributed by atoms with Crippen molar-refractivity contribution in [2.24, 2.45) is 4.99 Å². The van der Waals surface area contributed by atoms with Gasteiger partial charge in [-0.25, -0.2) is 9.78 Å². The number of rotatable bonds is 6. The zero-order valence-electron chi connectivity index (χ0n) is 17.0. The SMILES string of the molecule is COc1cc(-c2cc(=N[C@@H](Cc3cnc[nH]3)C(=O)O)c3cc(C)ccc3o2)ccc1O. The molecule has 0 aliphatic rings. The van der Waals surface area contributed by atoms with Crippen molar-refractivity contribution >= 4 is 16.9 Å². The summed E-state index contributed by atoms with van der Waals surface area (Å²) >= 11 is 0. The summed E-state index contributed by atoms with van der Waals surface area (Å²) in [5, 5.41) is 20.9. The minimum Gasteiger partial charge on any atom is -0.504 e. The number of phenolic OH excluding ortho intramolecular Hbond substituents is 1. The average Bonchev–Trinajstić information content (AvgIpc) is 3.27. The Balaban J connectivity index is 1.91. The Bertz CT molecular complexity index is 1310. The number of fused-ring (bicyclic) bond motifs is 1. The number of nitrogens with zero attached hydrogens (tertiary/aromatic N) is 2. The number of aromatic hydroxyl groups is 1. The molecule has 0 amide bonds. The van der Waals surface area contributed by atoms with Crippen LogP contribution in [0.1, 0.15) is 11.3 Å². The first-order valence-electron chi connectivity index (χ1n) is 9.60. The van der Waals surface area contributed by atoms with E-state index in [2.05, 4.69) is 15.0 Å². The number of H-pyrrole nitrogens is 1. The Hall–Kier alpha value is -4.07. The first kappa shape index (κ1) is 20.2. The van der Waals surface area contributed by atoms with Gasteiger partial charge in [0, 0.05) is 35.3 Å². The average molecular weight is 419 g/mol. The van der Waals surface area contributed by atoms with Gasteiger partial charge in [0.05, 0.1) is 18.8 Å². The normalized spacial score (nSPS) is 12.8. The molecule has 0 radical (unpaired) electrons. The molecule has 3 N–H and O–H groups in total. The van der Waals surface area contributed by atoms with Gasteiger partial charge in [-0.3, -0.25) is 4.99 Å². The molecule has 0 spiro atoms. The minimum atomic E-state index is -1.04. The topological polar surface area (TPSA) is 121 Å². The fourth-order valence-electron chi connectivity index (χ4n) is 3.32. The van der Waals surface area contributed by atoms with Crippen LogP contribution in [0.2, 0.25) is 0 Å². The number of methoxy groups -OCH3 is 1. The van der Waals surface area contributed by atoms with Crippen LogP contribution in [0.5, 0.6) is 11.5 Å². The van der Waals surface area contributed by atoms with Crippen molar-refractivity contribution in [1.82, 2.24) is 9.97 Å². The highest BCUT2D eigenvalue weighted by atomic mass is 16.5. The molecule has 2 heterocycles. The van der Waals surface area contributed by atoms with Gasteiger partial charge < -0.3 is 24.4 Å². The van der Waals surface area contributed by atoms with Gasteiger partial charge in [-0.15, -0.1) is 0 Å². The lowest BCUT2D eigenvalue weighted by Gasteiger charge is -2.10. The molecule has 31 heavy (non-hydrogen) atoms. The number of aromatic amines is 1. The van der Waals surface area contributed by atoms with Gasteiger partial charge in [-0.2, -0.15) is 0 Å². The highest BCUT2D eigenvalue weighted by molar-refractivity contribution is 5.80. The predicted molar refractivity (Wildman–Crippen MR) is 114 cm³/mol. The first-order chi connectivity index (χ1) is 14.9. The van der Waals surface area contributed by atoms with Crippen LogP contribution < -0.4 is 10.1 Å².